The number of carbonyl (C=O) groups is 1. The number of para-hydroxylation sites is 2. The number of nitrogens with one attached hydrogen (secondary N) is 3. The maximum atomic E-state index is 12.7. The number of nitrogens with zero attached hydrogens (tertiary/aromatic N) is 2. The molecule has 3 N–H and O–H groups in total. The molecule has 1 amide bonds. The topological polar surface area (TPSA) is 99.6 Å². The van der Waals surface area contributed by atoms with Crippen LogP contribution in [0.3, 0.4) is 0 Å². The molecule has 3 aromatic heterocycles. The molecule has 0 aliphatic heterocycles. The lowest BCUT2D eigenvalue weighted by Gasteiger charge is -2.18. The summed E-state index contributed by atoms with van der Waals surface area (Å²) < 4.78 is 5.33. The Labute approximate surface area is 156 Å². The van der Waals surface area contributed by atoms with E-state index in [9.17, 15) is 4.79 Å². The number of rotatable bonds is 6. The van der Waals surface area contributed by atoms with Gasteiger partial charge in [0.15, 0.2) is 11.5 Å². The Kier molecular flexibility index (Phi) is 4.50. The molecule has 0 aliphatic carbocycles. The number of imidazole rings is 1. The van der Waals surface area contributed by atoms with Crippen LogP contribution in [0.1, 0.15) is 42.6 Å². The highest BCUT2D eigenvalue weighted by atomic mass is 16.3. The van der Waals surface area contributed by atoms with Crippen LogP contribution in [0.25, 0.3) is 22.5 Å². The van der Waals surface area contributed by atoms with Gasteiger partial charge in [0.25, 0.3) is 5.91 Å². The Morgan fingerprint density at radius 3 is 2.81 bits per heavy atom. The van der Waals surface area contributed by atoms with Crippen molar-refractivity contribution < 1.29 is 9.21 Å². The molecular weight excluding hydrogens is 342 g/mol. The minimum Gasteiger partial charge on any atom is -0.463 e. The first-order chi connectivity index (χ1) is 13.1. The van der Waals surface area contributed by atoms with Crippen LogP contribution < -0.4 is 5.32 Å². The molecule has 3 heterocycles. The molecule has 0 saturated heterocycles. The molecule has 0 saturated carbocycles. The van der Waals surface area contributed by atoms with E-state index >= 15 is 0 Å². The minimum absolute atomic E-state index is 0.228. The lowest BCUT2D eigenvalue weighted by Crippen LogP contribution is -2.30. The van der Waals surface area contributed by atoms with Crippen molar-refractivity contribution in [2.75, 3.05) is 0 Å². The molecule has 0 spiro atoms. The Morgan fingerprint density at radius 1 is 1.22 bits per heavy atom. The number of amides is 1. The van der Waals surface area contributed by atoms with Crippen molar-refractivity contribution in [1.82, 2.24) is 25.5 Å². The zero-order valence-electron chi connectivity index (χ0n) is 15.2. The van der Waals surface area contributed by atoms with Gasteiger partial charge in [0, 0.05) is 6.07 Å². The number of hydrogen-bond donors (Lipinski definition) is 3. The number of hydrogen-bond acceptors (Lipinski definition) is 4. The largest absolute Gasteiger partial charge is 0.463 e. The summed E-state index contributed by atoms with van der Waals surface area (Å²) in [6.45, 7) is 4.23. The van der Waals surface area contributed by atoms with E-state index in [4.69, 9.17) is 4.42 Å². The van der Waals surface area contributed by atoms with E-state index in [-0.39, 0.29) is 11.9 Å². The van der Waals surface area contributed by atoms with Gasteiger partial charge >= 0.3 is 0 Å². The Bertz CT molecular complexity index is 1010. The fourth-order valence-corrected chi connectivity index (χ4v) is 3.08. The molecule has 0 aliphatic rings. The van der Waals surface area contributed by atoms with E-state index in [1.807, 2.05) is 30.3 Å². The molecule has 1 aromatic carbocycles. The molecule has 27 heavy (non-hydrogen) atoms. The molecule has 7 nitrogen and oxygen atoms in total. The van der Waals surface area contributed by atoms with Crippen LogP contribution in [-0.4, -0.2) is 26.1 Å². The lowest BCUT2D eigenvalue weighted by molar-refractivity contribution is 0.0925. The number of H-pyrrole nitrogens is 2. The van der Waals surface area contributed by atoms with Crippen molar-refractivity contribution in [3.63, 3.8) is 0 Å². The molecular formula is C20H21N5O2. The van der Waals surface area contributed by atoms with E-state index in [0.29, 0.717) is 23.1 Å². The standard InChI is InChI=1S/C20H21N5O2/c1-12(2)10-16(19-21-13-6-3-4-7-14(13)22-19)23-20(26)17-11-15(24-25-17)18-8-5-9-27-18/h3-9,11-12,16H,10H2,1-2H3,(H,21,22)(H,23,26)(H,24,25)/t16-/m1/s1. The van der Waals surface area contributed by atoms with Crippen molar-refractivity contribution in [3.05, 3.63) is 60.2 Å². The molecule has 0 radical (unpaired) electrons. The van der Waals surface area contributed by atoms with Crippen molar-refractivity contribution in [2.24, 2.45) is 5.92 Å². The summed E-state index contributed by atoms with van der Waals surface area (Å²) >= 11 is 0. The van der Waals surface area contributed by atoms with E-state index in [2.05, 4.69) is 39.3 Å². The van der Waals surface area contributed by atoms with E-state index in [1.54, 1.807) is 18.4 Å². The SMILES string of the molecule is CC(C)C[C@@H](NC(=O)c1cc(-c2ccco2)[nH]n1)c1nc2ccccc2[nH]1. The molecule has 0 unspecified atom stereocenters. The summed E-state index contributed by atoms with van der Waals surface area (Å²) in [5.74, 6) is 1.52. The molecule has 4 aromatic rings. The summed E-state index contributed by atoms with van der Waals surface area (Å²) in [5, 5.41) is 10.0. The number of furan rings is 1. The van der Waals surface area contributed by atoms with Crippen molar-refractivity contribution in [1.29, 1.82) is 0 Å². The highest BCUT2D eigenvalue weighted by molar-refractivity contribution is 5.93. The van der Waals surface area contributed by atoms with Gasteiger partial charge < -0.3 is 14.7 Å². The van der Waals surface area contributed by atoms with Crippen LogP contribution in [0, 0.1) is 5.92 Å². The monoisotopic (exact) mass is 363 g/mol. The van der Waals surface area contributed by atoms with Crippen LogP contribution in [0.5, 0.6) is 0 Å². The first-order valence-electron chi connectivity index (χ1n) is 8.95. The molecule has 4 rings (SSSR count). The van der Waals surface area contributed by atoms with E-state index in [0.717, 1.165) is 23.3 Å². The predicted molar refractivity (Wildman–Crippen MR) is 102 cm³/mol. The fourth-order valence-electron chi connectivity index (χ4n) is 3.08. The normalized spacial score (nSPS) is 12.6. The highest BCUT2D eigenvalue weighted by Gasteiger charge is 2.22. The summed E-state index contributed by atoms with van der Waals surface area (Å²) in [5.41, 5.74) is 2.81. The second-order valence-electron chi connectivity index (χ2n) is 6.94. The Balaban J connectivity index is 1.57. The zero-order valence-corrected chi connectivity index (χ0v) is 15.2. The molecule has 7 heteroatoms. The second-order valence-corrected chi connectivity index (χ2v) is 6.94. The van der Waals surface area contributed by atoms with Gasteiger partial charge in [0.05, 0.1) is 23.3 Å². The van der Waals surface area contributed by atoms with Gasteiger partial charge in [-0.3, -0.25) is 9.89 Å². The lowest BCUT2D eigenvalue weighted by atomic mass is 10.0. The van der Waals surface area contributed by atoms with Gasteiger partial charge in [-0.05, 0) is 36.6 Å². The van der Waals surface area contributed by atoms with Gasteiger partial charge in [-0.1, -0.05) is 26.0 Å². The van der Waals surface area contributed by atoms with E-state index in [1.165, 1.54) is 0 Å². The molecule has 138 valence electrons. The van der Waals surface area contributed by atoms with E-state index < -0.39 is 0 Å². The van der Waals surface area contributed by atoms with Gasteiger partial charge in [0.1, 0.15) is 11.5 Å². The van der Waals surface area contributed by atoms with Crippen LogP contribution in [0.2, 0.25) is 0 Å². The minimum atomic E-state index is -0.254. The third-order valence-electron chi connectivity index (χ3n) is 4.35. The first kappa shape index (κ1) is 17.1. The summed E-state index contributed by atoms with van der Waals surface area (Å²) in [7, 11) is 0. The Hall–Kier alpha value is -3.35. The predicted octanol–water partition coefficient (Wildman–Crippen LogP) is 4.06. The third-order valence-corrected chi connectivity index (χ3v) is 4.35. The highest BCUT2D eigenvalue weighted by Crippen LogP contribution is 2.23. The average molecular weight is 363 g/mol. The van der Waals surface area contributed by atoms with Crippen molar-refractivity contribution in [2.45, 2.75) is 26.3 Å². The van der Waals surface area contributed by atoms with Crippen molar-refractivity contribution >= 4 is 16.9 Å². The first-order valence-corrected chi connectivity index (χ1v) is 8.95. The Morgan fingerprint density at radius 2 is 2.07 bits per heavy atom. The second kappa shape index (κ2) is 7.11. The average Bonchev–Trinajstić information content (AvgIpc) is 3.39. The van der Waals surface area contributed by atoms with Crippen LogP contribution >= 0.6 is 0 Å². The van der Waals surface area contributed by atoms with Crippen LogP contribution in [-0.2, 0) is 0 Å². The third kappa shape index (κ3) is 3.62. The fraction of sp³-hybridized carbons (Fsp3) is 0.250. The number of benzene rings is 1. The summed E-state index contributed by atoms with van der Waals surface area (Å²) in [4.78, 5) is 20.7. The van der Waals surface area contributed by atoms with Gasteiger partial charge in [-0.15, -0.1) is 0 Å². The number of aromatic amines is 2. The summed E-state index contributed by atoms with van der Waals surface area (Å²) in [6.07, 6.45) is 2.34. The zero-order chi connectivity index (χ0) is 18.8. The molecule has 0 fully saturated rings. The van der Waals surface area contributed by atoms with Gasteiger partial charge in [-0.2, -0.15) is 5.10 Å². The maximum Gasteiger partial charge on any atom is 0.272 e. The molecule has 0 bridgehead atoms. The van der Waals surface area contributed by atoms with Gasteiger partial charge in [0.2, 0.25) is 0 Å². The van der Waals surface area contributed by atoms with Crippen molar-refractivity contribution in [3.8, 4) is 11.5 Å². The van der Waals surface area contributed by atoms with Crippen LogP contribution in [0.15, 0.2) is 53.1 Å². The molecule has 1 atom stereocenters. The smallest absolute Gasteiger partial charge is 0.272 e. The van der Waals surface area contributed by atoms with Gasteiger partial charge in [-0.25, -0.2) is 4.98 Å². The number of fused-ring (bicyclic) bond motifs is 1. The number of carbonyl (C=O) groups excluding carboxylic acids is 1. The maximum absolute atomic E-state index is 12.7. The summed E-state index contributed by atoms with van der Waals surface area (Å²) in [6, 6.07) is 12.9. The quantitative estimate of drug-likeness (QED) is 0.481. The number of aromatic nitrogens is 4. The van der Waals surface area contributed by atoms with Crippen LogP contribution in [0.4, 0.5) is 0 Å².